The number of methoxy groups -OCH3 is 1. The van der Waals surface area contributed by atoms with Gasteiger partial charge in [-0.15, -0.1) is 0 Å². The Balaban J connectivity index is 1.49. The highest BCUT2D eigenvalue weighted by Gasteiger charge is 2.15. The van der Waals surface area contributed by atoms with Crippen LogP contribution in [0, 0.1) is 0 Å². The molecular weight excluding hydrogens is 462 g/mol. The number of nitrogens with two attached hydrogens (primary N) is 1. The maximum absolute atomic E-state index is 12.5. The van der Waals surface area contributed by atoms with Crippen molar-refractivity contribution in [3.8, 4) is 23.0 Å². The molecule has 4 aromatic rings. The molecule has 0 aliphatic carbocycles. The molecule has 0 aliphatic rings. The predicted octanol–water partition coefficient (Wildman–Crippen LogP) is 4.47. The largest absolute Gasteiger partial charge is 0.493 e. The average molecular weight is 488 g/mol. The minimum Gasteiger partial charge on any atom is -0.493 e. The number of benzene rings is 3. The number of ether oxygens (including phenoxy) is 3. The van der Waals surface area contributed by atoms with E-state index >= 15 is 0 Å². The number of rotatable bonds is 10. The molecule has 1 aromatic heterocycles. The van der Waals surface area contributed by atoms with Crippen molar-refractivity contribution in [2.45, 2.75) is 12.5 Å². The number of carboxylic acid groups (broad SMARTS) is 1. The Kier molecular flexibility index (Phi) is 7.62. The number of nitrogens with zero attached hydrogens (tertiary/aromatic N) is 1. The number of fused-ring (bicyclic) bond motifs is 1. The minimum atomic E-state index is -1.09. The standard InChI is InChI=1S/C27H25N3O6/c1-34-24-15-20-22(16-25(24)35-14-12-21(28)27(32)33)29-13-11-23(20)36-19-9-7-17(8-10-19)26(31)30-18-5-3-2-4-6-18/h2-11,13,15-16,21H,12,14,28H2,1H3,(H,30,31)(H,32,33). The Hall–Kier alpha value is -4.63. The Morgan fingerprint density at radius 1 is 1.00 bits per heavy atom. The molecule has 1 atom stereocenters. The van der Waals surface area contributed by atoms with Gasteiger partial charge < -0.3 is 30.4 Å². The SMILES string of the molecule is COc1cc2c(Oc3ccc(C(=O)Nc4ccccc4)cc3)ccnc2cc1OCCC(N)C(=O)O. The zero-order chi connectivity index (χ0) is 25.5. The van der Waals surface area contributed by atoms with Crippen LogP contribution in [0.4, 0.5) is 5.69 Å². The maximum Gasteiger partial charge on any atom is 0.320 e. The number of aromatic nitrogens is 1. The van der Waals surface area contributed by atoms with Crippen molar-refractivity contribution in [3.05, 3.63) is 84.6 Å². The van der Waals surface area contributed by atoms with Gasteiger partial charge in [0.05, 0.1) is 19.2 Å². The van der Waals surface area contributed by atoms with E-state index in [1.54, 1.807) is 48.7 Å². The van der Waals surface area contributed by atoms with E-state index in [0.29, 0.717) is 45.2 Å². The molecule has 1 heterocycles. The van der Waals surface area contributed by atoms with Crippen molar-refractivity contribution >= 4 is 28.5 Å². The highest BCUT2D eigenvalue weighted by molar-refractivity contribution is 6.04. The van der Waals surface area contributed by atoms with Crippen molar-refractivity contribution in [2.75, 3.05) is 19.0 Å². The normalized spacial score (nSPS) is 11.5. The van der Waals surface area contributed by atoms with Crippen LogP contribution in [0.3, 0.4) is 0 Å². The topological polar surface area (TPSA) is 133 Å². The third kappa shape index (κ3) is 5.89. The summed E-state index contributed by atoms with van der Waals surface area (Å²) < 4.78 is 17.2. The maximum atomic E-state index is 12.5. The highest BCUT2D eigenvalue weighted by Crippen LogP contribution is 2.37. The second-order valence-corrected chi connectivity index (χ2v) is 7.86. The van der Waals surface area contributed by atoms with E-state index in [9.17, 15) is 9.59 Å². The summed E-state index contributed by atoms with van der Waals surface area (Å²) in [5, 5.41) is 12.5. The number of amides is 1. The zero-order valence-electron chi connectivity index (χ0n) is 19.5. The Labute approximate surface area is 207 Å². The van der Waals surface area contributed by atoms with Crippen LogP contribution in [0.15, 0.2) is 79.0 Å². The molecule has 9 nitrogen and oxygen atoms in total. The van der Waals surface area contributed by atoms with Gasteiger partial charge in [0.2, 0.25) is 0 Å². The number of carbonyl (C=O) groups is 2. The van der Waals surface area contributed by atoms with E-state index in [1.807, 2.05) is 30.3 Å². The molecular formula is C27H25N3O6. The summed E-state index contributed by atoms with van der Waals surface area (Å²) >= 11 is 0. The van der Waals surface area contributed by atoms with E-state index in [0.717, 1.165) is 0 Å². The van der Waals surface area contributed by atoms with Crippen molar-refractivity contribution in [1.29, 1.82) is 0 Å². The molecule has 0 saturated carbocycles. The molecule has 36 heavy (non-hydrogen) atoms. The first kappa shape index (κ1) is 24.5. The van der Waals surface area contributed by atoms with Crippen molar-refractivity contribution in [3.63, 3.8) is 0 Å². The number of aliphatic carboxylic acids is 1. The average Bonchev–Trinajstić information content (AvgIpc) is 2.89. The van der Waals surface area contributed by atoms with Crippen LogP contribution >= 0.6 is 0 Å². The fourth-order valence-corrected chi connectivity index (χ4v) is 3.44. The second-order valence-electron chi connectivity index (χ2n) is 7.86. The van der Waals surface area contributed by atoms with E-state index in [2.05, 4.69) is 10.3 Å². The lowest BCUT2D eigenvalue weighted by atomic mass is 10.1. The lowest BCUT2D eigenvalue weighted by molar-refractivity contribution is -0.138. The second kappa shape index (κ2) is 11.2. The molecule has 184 valence electrons. The monoisotopic (exact) mass is 487 g/mol. The van der Waals surface area contributed by atoms with Crippen LogP contribution in [-0.4, -0.2) is 41.7 Å². The van der Waals surface area contributed by atoms with Gasteiger partial charge in [-0.2, -0.15) is 0 Å². The van der Waals surface area contributed by atoms with E-state index in [-0.39, 0.29) is 18.9 Å². The first-order valence-corrected chi connectivity index (χ1v) is 11.2. The highest BCUT2D eigenvalue weighted by atomic mass is 16.5. The summed E-state index contributed by atoms with van der Waals surface area (Å²) in [5.74, 6) is 0.638. The van der Waals surface area contributed by atoms with E-state index < -0.39 is 12.0 Å². The quantitative estimate of drug-likeness (QED) is 0.298. The summed E-state index contributed by atoms with van der Waals surface area (Å²) in [6.45, 7) is 0.107. The van der Waals surface area contributed by atoms with E-state index in [1.165, 1.54) is 7.11 Å². The molecule has 3 aromatic carbocycles. The van der Waals surface area contributed by atoms with Gasteiger partial charge in [-0.25, -0.2) is 0 Å². The van der Waals surface area contributed by atoms with Crippen molar-refractivity contribution in [2.24, 2.45) is 5.73 Å². The number of pyridine rings is 1. The number of carboxylic acids is 1. The first-order valence-electron chi connectivity index (χ1n) is 11.2. The summed E-state index contributed by atoms with van der Waals surface area (Å²) in [4.78, 5) is 27.8. The summed E-state index contributed by atoms with van der Waals surface area (Å²) in [6, 6.07) is 20.2. The number of hydrogen-bond acceptors (Lipinski definition) is 7. The fraction of sp³-hybridized carbons (Fsp3) is 0.148. The molecule has 0 saturated heterocycles. The molecule has 1 amide bonds. The molecule has 1 unspecified atom stereocenters. The van der Waals surface area contributed by atoms with Gasteiger partial charge in [0.25, 0.3) is 5.91 Å². The molecule has 0 radical (unpaired) electrons. The first-order chi connectivity index (χ1) is 17.4. The van der Waals surface area contributed by atoms with Crippen LogP contribution in [0.2, 0.25) is 0 Å². The van der Waals surface area contributed by atoms with Crippen LogP contribution in [0.5, 0.6) is 23.0 Å². The van der Waals surface area contributed by atoms with Crippen LogP contribution in [0.1, 0.15) is 16.8 Å². The van der Waals surface area contributed by atoms with Gasteiger partial charge in [0.15, 0.2) is 11.5 Å². The Morgan fingerprint density at radius 3 is 2.44 bits per heavy atom. The predicted molar refractivity (Wildman–Crippen MR) is 135 cm³/mol. The molecule has 0 bridgehead atoms. The third-order valence-corrected chi connectivity index (χ3v) is 5.37. The van der Waals surface area contributed by atoms with Gasteiger partial charge in [-0.05, 0) is 48.5 Å². The summed E-state index contributed by atoms with van der Waals surface area (Å²) in [6.07, 6.45) is 1.75. The van der Waals surface area contributed by atoms with Crippen LogP contribution in [0.25, 0.3) is 10.9 Å². The van der Waals surface area contributed by atoms with E-state index in [4.69, 9.17) is 25.1 Å². The number of para-hydroxylation sites is 1. The number of nitrogens with one attached hydrogen (secondary N) is 1. The molecule has 9 heteroatoms. The van der Waals surface area contributed by atoms with Gasteiger partial charge in [-0.1, -0.05) is 18.2 Å². The molecule has 0 spiro atoms. The lowest BCUT2D eigenvalue weighted by Crippen LogP contribution is -2.31. The van der Waals surface area contributed by atoms with Crippen molar-refractivity contribution < 1.29 is 28.9 Å². The molecule has 0 aliphatic heterocycles. The smallest absolute Gasteiger partial charge is 0.320 e. The molecule has 4 N–H and O–H groups in total. The van der Waals surface area contributed by atoms with Gasteiger partial charge in [-0.3, -0.25) is 14.6 Å². The number of anilines is 1. The Bertz CT molecular complexity index is 1360. The van der Waals surface area contributed by atoms with Gasteiger partial charge in [0, 0.05) is 35.3 Å². The van der Waals surface area contributed by atoms with Crippen LogP contribution in [-0.2, 0) is 4.79 Å². The lowest BCUT2D eigenvalue weighted by Gasteiger charge is -2.14. The molecule has 4 rings (SSSR count). The Morgan fingerprint density at radius 2 is 1.75 bits per heavy atom. The van der Waals surface area contributed by atoms with Gasteiger partial charge >= 0.3 is 5.97 Å². The summed E-state index contributed by atoms with van der Waals surface area (Å²) in [7, 11) is 1.51. The minimum absolute atomic E-state index is 0.107. The van der Waals surface area contributed by atoms with Crippen molar-refractivity contribution in [1.82, 2.24) is 4.98 Å². The zero-order valence-corrected chi connectivity index (χ0v) is 19.5. The number of hydrogen-bond donors (Lipinski definition) is 3. The fourth-order valence-electron chi connectivity index (χ4n) is 3.44. The molecule has 0 fully saturated rings. The van der Waals surface area contributed by atoms with Gasteiger partial charge in [0.1, 0.15) is 17.5 Å². The number of carbonyl (C=O) groups excluding carboxylic acids is 1. The summed E-state index contributed by atoms with van der Waals surface area (Å²) in [5.41, 5.74) is 7.35. The third-order valence-electron chi connectivity index (χ3n) is 5.37. The van der Waals surface area contributed by atoms with Crippen LogP contribution < -0.4 is 25.3 Å².